The van der Waals surface area contributed by atoms with E-state index in [4.69, 9.17) is 0 Å². The van der Waals surface area contributed by atoms with Crippen LogP contribution in [0.15, 0.2) is 60.7 Å². The second-order valence-electron chi connectivity index (χ2n) is 6.92. The third kappa shape index (κ3) is 4.71. The number of hydrogen-bond acceptors (Lipinski definition) is 1. The van der Waals surface area contributed by atoms with Crippen molar-refractivity contribution in [3.63, 3.8) is 0 Å². The highest BCUT2D eigenvalue weighted by atomic mass is 15.2. The molecule has 2 aromatic rings. The summed E-state index contributed by atoms with van der Waals surface area (Å²) in [4.78, 5) is 2.57. The first-order chi connectivity index (χ1) is 9.97. The molecule has 0 spiro atoms. The molecule has 2 aromatic carbocycles. The molecule has 0 saturated carbocycles. The van der Waals surface area contributed by atoms with Crippen LogP contribution < -0.4 is 0 Å². The van der Waals surface area contributed by atoms with Gasteiger partial charge in [0.25, 0.3) is 0 Å². The smallest absolute Gasteiger partial charge is 0.0240 e. The maximum absolute atomic E-state index is 2.57. The van der Waals surface area contributed by atoms with Crippen molar-refractivity contribution in [3.8, 4) is 0 Å². The van der Waals surface area contributed by atoms with Crippen LogP contribution in [0.25, 0.3) is 0 Å². The highest BCUT2D eigenvalue weighted by Crippen LogP contribution is 2.26. The minimum absolute atomic E-state index is 0.267. The highest BCUT2D eigenvalue weighted by Gasteiger charge is 2.26. The van der Waals surface area contributed by atoms with E-state index in [9.17, 15) is 0 Å². The molecule has 0 aromatic heterocycles. The molecule has 0 bridgehead atoms. The first-order valence-electron chi connectivity index (χ1n) is 7.79. The molecular weight excluding hydrogens is 254 g/mol. The quantitative estimate of drug-likeness (QED) is 0.735. The monoisotopic (exact) mass is 281 g/mol. The zero-order chi connectivity index (χ0) is 15.3. The Hall–Kier alpha value is -1.60. The lowest BCUT2D eigenvalue weighted by Gasteiger charge is -2.38. The fourth-order valence-corrected chi connectivity index (χ4v) is 2.51. The summed E-state index contributed by atoms with van der Waals surface area (Å²) in [6, 6.07) is 22.0. The molecule has 0 fully saturated rings. The van der Waals surface area contributed by atoms with E-state index in [1.54, 1.807) is 0 Å². The average Bonchev–Trinajstić information content (AvgIpc) is 2.47. The molecule has 2 rings (SSSR count). The van der Waals surface area contributed by atoms with Gasteiger partial charge in [0, 0.05) is 19.1 Å². The third-order valence-electron chi connectivity index (χ3n) is 4.26. The van der Waals surface area contributed by atoms with Crippen LogP contribution in [0.2, 0.25) is 0 Å². The van der Waals surface area contributed by atoms with E-state index >= 15 is 0 Å². The summed E-state index contributed by atoms with van der Waals surface area (Å²) in [5, 5.41) is 0. The normalized spacial score (nSPS) is 13.4. The van der Waals surface area contributed by atoms with Gasteiger partial charge in [0.1, 0.15) is 0 Å². The van der Waals surface area contributed by atoms with Gasteiger partial charge in [-0.3, -0.25) is 4.90 Å². The van der Waals surface area contributed by atoms with Crippen LogP contribution in [-0.4, -0.2) is 10.9 Å². The molecule has 0 aliphatic heterocycles. The van der Waals surface area contributed by atoms with Crippen LogP contribution in [-0.2, 0) is 13.1 Å². The van der Waals surface area contributed by atoms with Gasteiger partial charge in [-0.05, 0) is 23.5 Å². The van der Waals surface area contributed by atoms with Gasteiger partial charge in [-0.2, -0.15) is 0 Å². The Balaban J connectivity index is 2.18. The second kappa shape index (κ2) is 6.91. The van der Waals surface area contributed by atoms with Crippen molar-refractivity contribution in [1.29, 1.82) is 0 Å². The number of nitrogens with zero attached hydrogens (tertiary/aromatic N) is 1. The Morgan fingerprint density at radius 3 is 1.48 bits per heavy atom. The van der Waals surface area contributed by atoms with Crippen LogP contribution in [0.5, 0.6) is 0 Å². The summed E-state index contributed by atoms with van der Waals surface area (Å²) in [5.74, 6) is 0. The van der Waals surface area contributed by atoms with Crippen molar-refractivity contribution < 1.29 is 0 Å². The van der Waals surface area contributed by atoms with Crippen LogP contribution in [0.4, 0.5) is 0 Å². The molecule has 1 nitrogen and oxygen atoms in total. The van der Waals surface area contributed by atoms with Gasteiger partial charge in [0.2, 0.25) is 0 Å². The predicted molar refractivity (Wildman–Crippen MR) is 91.0 cm³/mol. The van der Waals surface area contributed by atoms with Gasteiger partial charge in [0.05, 0.1) is 0 Å². The zero-order valence-corrected chi connectivity index (χ0v) is 13.7. The van der Waals surface area contributed by atoms with Crippen LogP contribution in [0, 0.1) is 5.41 Å². The largest absolute Gasteiger partial charge is 0.292 e. The van der Waals surface area contributed by atoms with E-state index in [0.29, 0.717) is 6.04 Å². The summed E-state index contributed by atoms with van der Waals surface area (Å²) in [7, 11) is 0. The van der Waals surface area contributed by atoms with E-state index in [1.807, 2.05) is 0 Å². The van der Waals surface area contributed by atoms with Crippen molar-refractivity contribution in [2.24, 2.45) is 5.41 Å². The van der Waals surface area contributed by atoms with Gasteiger partial charge in [-0.1, -0.05) is 81.4 Å². The van der Waals surface area contributed by atoms with Crippen LogP contribution >= 0.6 is 0 Å². The van der Waals surface area contributed by atoms with E-state index in [2.05, 4.69) is 93.3 Å². The van der Waals surface area contributed by atoms with E-state index in [-0.39, 0.29) is 5.41 Å². The predicted octanol–water partition coefficient (Wildman–Crippen LogP) is 5.12. The third-order valence-corrected chi connectivity index (χ3v) is 4.26. The lowest BCUT2D eigenvalue weighted by Crippen LogP contribution is -2.41. The lowest BCUT2D eigenvalue weighted by molar-refractivity contribution is 0.0981. The van der Waals surface area contributed by atoms with Crippen molar-refractivity contribution in [1.82, 2.24) is 4.90 Å². The zero-order valence-electron chi connectivity index (χ0n) is 13.7. The summed E-state index contributed by atoms with van der Waals surface area (Å²) in [6.07, 6.45) is 0. The molecular formula is C20H27N. The van der Waals surface area contributed by atoms with Gasteiger partial charge in [-0.25, -0.2) is 0 Å². The van der Waals surface area contributed by atoms with Gasteiger partial charge < -0.3 is 0 Å². The van der Waals surface area contributed by atoms with Crippen LogP contribution in [0.1, 0.15) is 38.8 Å². The molecule has 0 heterocycles. The van der Waals surface area contributed by atoms with E-state index < -0.39 is 0 Å². The maximum Gasteiger partial charge on any atom is 0.0240 e. The van der Waals surface area contributed by atoms with Crippen molar-refractivity contribution in [3.05, 3.63) is 71.8 Å². The molecule has 21 heavy (non-hydrogen) atoms. The Morgan fingerprint density at radius 1 is 0.762 bits per heavy atom. The van der Waals surface area contributed by atoms with Gasteiger partial charge in [0.15, 0.2) is 0 Å². The van der Waals surface area contributed by atoms with Crippen molar-refractivity contribution in [2.75, 3.05) is 0 Å². The number of rotatable bonds is 5. The Morgan fingerprint density at radius 2 is 1.14 bits per heavy atom. The fourth-order valence-electron chi connectivity index (χ4n) is 2.51. The standard InChI is InChI=1S/C20H27N/c1-17(20(2,3)4)21(15-18-11-7-5-8-12-18)16-19-13-9-6-10-14-19/h5-14,17H,15-16H2,1-4H3. The summed E-state index contributed by atoms with van der Waals surface area (Å²) < 4.78 is 0. The first-order valence-corrected chi connectivity index (χ1v) is 7.79. The number of hydrogen-bond donors (Lipinski definition) is 0. The van der Waals surface area contributed by atoms with Crippen molar-refractivity contribution >= 4 is 0 Å². The molecule has 0 radical (unpaired) electrons. The second-order valence-corrected chi connectivity index (χ2v) is 6.92. The SMILES string of the molecule is CC(N(Cc1ccccc1)Cc1ccccc1)C(C)(C)C. The molecule has 0 amide bonds. The molecule has 1 unspecified atom stereocenters. The molecule has 0 aliphatic rings. The lowest BCUT2D eigenvalue weighted by atomic mass is 9.86. The van der Waals surface area contributed by atoms with E-state index in [1.165, 1.54) is 11.1 Å². The molecule has 0 N–H and O–H groups in total. The number of benzene rings is 2. The topological polar surface area (TPSA) is 3.24 Å². The Bertz CT molecular complexity index is 483. The summed E-state index contributed by atoms with van der Waals surface area (Å²) in [6.45, 7) is 11.3. The first kappa shape index (κ1) is 15.8. The van der Waals surface area contributed by atoms with Crippen molar-refractivity contribution in [2.45, 2.75) is 46.8 Å². The molecule has 112 valence electrons. The molecule has 1 atom stereocenters. The summed E-state index contributed by atoms with van der Waals surface area (Å²) in [5.41, 5.74) is 3.03. The highest BCUT2D eigenvalue weighted by molar-refractivity contribution is 5.17. The van der Waals surface area contributed by atoms with Crippen LogP contribution in [0.3, 0.4) is 0 Å². The van der Waals surface area contributed by atoms with Gasteiger partial charge in [-0.15, -0.1) is 0 Å². The minimum Gasteiger partial charge on any atom is -0.292 e. The van der Waals surface area contributed by atoms with E-state index in [0.717, 1.165) is 13.1 Å². The summed E-state index contributed by atoms with van der Waals surface area (Å²) >= 11 is 0. The Labute approximate surface area is 129 Å². The molecule has 1 heteroatoms. The minimum atomic E-state index is 0.267. The van der Waals surface area contributed by atoms with Gasteiger partial charge >= 0.3 is 0 Å². The Kier molecular flexibility index (Phi) is 5.19. The average molecular weight is 281 g/mol. The fraction of sp³-hybridized carbons (Fsp3) is 0.400. The molecule has 0 aliphatic carbocycles. The molecule has 0 saturated heterocycles. The maximum atomic E-state index is 2.57.